The Kier molecular flexibility index (Phi) is 5.44. The normalized spacial score (nSPS) is 10.3. The standard InChI is InChI=1S/C14H16Cl2N4/c1-2-17-13-11(15)9-12(16)14(20-13)19-8-6-10-5-3-4-7-18-10/h3-5,7,9H,2,6,8H2,1H3,(H2,17,19,20). The van der Waals surface area contributed by atoms with Gasteiger partial charge in [0, 0.05) is 31.4 Å². The molecule has 0 amide bonds. The predicted molar refractivity (Wildman–Crippen MR) is 84.9 cm³/mol. The van der Waals surface area contributed by atoms with E-state index in [1.807, 2.05) is 25.1 Å². The first-order valence-corrected chi connectivity index (χ1v) is 7.20. The van der Waals surface area contributed by atoms with Crippen LogP contribution in [-0.4, -0.2) is 23.1 Å². The molecule has 2 rings (SSSR count). The van der Waals surface area contributed by atoms with Gasteiger partial charge >= 0.3 is 0 Å². The fourth-order valence-electron chi connectivity index (χ4n) is 1.74. The van der Waals surface area contributed by atoms with Crippen LogP contribution in [0.2, 0.25) is 10.0 Å². The van der Waals surface area contributed by atoms with E-state index in [2.05, 4.69) is 20.6 Å². The van der Waals surface area contributed by atoms with Crippen LogP contribution in [0.3, 0.4) is 0 Å². The Hall–Kier alpha value is -1.52. The number of nitrogens with zero attached hydrogens (tertiary/aromatic N) is 2. The summed E-state index contributed by atoms with van der Waals surface area (Å²) in [5, 5.41) is 7.34. The third-order valence-electron chi connectivity index (χ3n) is 2.67. The van der Waals surface area contributed by atoms with Gasteiger partial charge in [0.2, 0.25) is 0 Å². The van der Waals surface area contributed by atoms with Gasteiger partial charge in [-0.15, -0.1) is 0 Å². The lowest BCUT2D eigenvalue weighted by molar-refractivity contribution is 0.953. The maximum absolute atomic E-state index is 6.13. The van der Waals surface area contributed by atoms with Crippen molar-refractivity contribution in [3.63, 3.8) is 0 Å². The topological polar surface area (TPSA) is 49.8 Å². The first kappa shape index (κ1) is 14.9. The van der Waals surface area contributed by atoms with E-state index in [-0.39, 0.29) is 0 Å². The summed E-state index contributed by atoms with van der Waals surface area (Å²) in [4.78, 5) is 8.65. The predicted octanol–water partition coefficient (Wildman–Crippen LogP) is 3.87. The minimum atomic E-state index is 0.512. The quantitative estimate of drug-likeness (QED) is 0.850. The molecule has 6 heteroatoms. The third kappa shape index (κ3) is 3.99. The molecule has 2 aromatic rings. The Morgan fingerprint density at radius 2 is 1.85 bits per heavy atom. The van der Waals surface area contributed by atoms with Crippen LogP contribution in [0.25, 0.3) is 0 Å². The van der Waals surface area contributed by atoms with E-state index in [4.69, 9.17) is 23.2 Å². The maximum atomic E-state index is 6.13. The molecule has 4 nitrogen and oxygen atoms in total. The zero-order valence-corrected chi connectivity index (χ0v) is 12.7. The summed E-state index contributed by atoms with van der Waals surface area (Å²) in [6, 6.07) is 7.55. The Balaban J connectivity index is 2.00. The van der Waals surface area contributed by atoms with Gasteiger partial charge in [0.1, 0.15) is 11.6 Å². The Morgan fingerprint density at radius 3 is 2.50 bits per heavy atom. The smallest absolute Gasteiger partial charge is 0.147 e. The van der Waals surface area contributed by atoms with E-state index < -0.39 is 0 Å². The van der Waals surface area contributed by atoms with Crippen molar-refractivity contribution in [2.24, 2.45) is 0 Å². The highest BCUT2D eigenvalue weighted by molar-refractivity contribution is 6.37. The first-order chi connectivity index (χ1) is 9.70. The Bertz CT molecular complexity index is 561. The molecule has 0 atom stereocenters. The molecule has 0 spiro atoms. The molecule has 0 aliphatic carbocycles. The lowest BCUT2D eigenvalue weighted by Crippen LogP contribution is -2.09. The van der Waals surface area contributed by atoms with Gasteiger partial charge in [0.25, 0.3) is 0 Å². The molecular weight excluding hydrogens is 295 g/mol. The van der Waals surface area contributed by atoms with Crippen LogP contribution in [0.4, 0.5) is 11.6 Å². The van der Waals surface area contributed by atoms with Gasteiger partial charge in [-0.1, -0.05) is 29.3 Å². The summed E-state index contributed by atoms with van der Waals surface area (Å²) in [5.74, 6) is 1.27. The van der Waals surface area contributed by atoms with Crippen LogP contribution in [0, 0.1) is 0 Å². The molecule has 0 bridgehead atoms. The zero-order valence-electron chi connectivity index (χ0n) is 11.2. The highest BCUT2D eigenvalue weighted by Gasteiger charge is 2.08. The van der Waals surface area contributed by atoms with Gasteiger partial charge < -0.3 is 10.6 Å². The number of halogens is 2. The number of nitrogens with one attached hydrogen (secondary N) is 2. The molecule has 20 heavy (non-hydrogen) atoms. The van der Waals surface area contributed by atoms with E-state index in [0.29, 0.717) is 28.2 Å². The SMILES string of the molecule is CCNc1nc(NCCc2ccccn2)c(Cl)cc1Cl. The van der Waals surface area contributed by atoms with Crippen LogP contribution in [0.5, 0.6) is 0 Å². The number of hydrogen-bond acceptors (Lipinski definition) is 4. The molecule has 0 aliphatic heterocycles. The molecule has 106 valence electrons. The summed E-state index contributed by atoms with van der Waals surface area (Å²) in [6.45, 7) is 3.44. The second kappa shape index (κ2) is 7.31. The first-order valence-electron chi connectivity index (χ1n) is 6.44. The van der Waals surface area contributed by atoms with Crippen molar-refractivity contribution in [2.45, 2.75) is 13.3 Å². The average Bonchev–Trinajstić information content (AvgIpc) is 2.45. The average molecular weight is 311 g/mol. The summed E-state index contributed by atoms with van der Waals surface area (Å²) in [7, 11) is 0. The van der Waals surface area contributed by atoms with Gasteiger partial charge in [-0.3, -0.25) is 4.98 Å². The lowest BCUT2D eigenvalue weighted by atomic mass is 10.3. The minimum Gasteiger partial charge on any atom is -0.369 e. The van der Waals surface area contributed by atoms with Crippen LogP contribution in [0.1, 0.15) is 12.6 Å². The molecular formula is C14H16Cl2N4. The van der Waals surface area contributed by atoms with Crippen LogP contribution >= 0.6 is 23.2 Å². The molecule has 0 aliphatic rings. The van der Waals surface area contributed by atoms with Crippen molar-refractivity contribution < 1.29 is 0 Å². The molecule has 2 heterocycles. The van der Waals surface area contributed by atoms with Gasteiger partial charge in [-0.2, -0.15) is 0 Å². The summed E-state index contributed by atoms with van der Waals surface area (Å²) < 4.78 is 0. The Labute approximate surface area is 128 Å². The van der Waals surface area contributed by atoms with Crippen molar-refractivity contribution in [1.82, 2.24) is 9.97 Å². The van der Waals surface area contributed by atoms with Gasteiger partial charge in [-0.05, 0) is 25.1 Å². The highest BCUT2D eigenvalue weighted by Crippen LogP contribution is 2.28. The van der Waals surface area contributed by atoms with Crippen LogP contribution < -0.4 is 10.6 Å². The number of rotatable bonds is 6. The minimum absolute atomic E-state index is 0.512. The highest BCUT2D eigenvalue weighted by atomic mass is 35.5. The van der Waals surface area contributed by atoms with E-state index in [1.165, 1.54) is 0 Å². The zero-order chi connectivity index (χ0) is 14.4. The van der Waals surface area contributed by atoms with E-state index in [1.54, 1.807) is 12.3 Å². The molecule has 0 unspecified atom stereocenters. The number of aromatic nitrogens is 2. The van der Waals surface area contributed by atoms with Crippen molar-refractivity contribution in [3.05, 3.63) is 46.2 Å². The van der Waals surface area contributed by atoms with Gasteiger partial charge in [0.05, 0.1) is 10.0 Å². The van der Waals surface area contributed by atoms with E-state index in [0.717, 1.165) is 18.7 Å². The van der Waals surface area contributed by atoms with Crippen molar-refractivity contribution in [2.75, 3.05) is 23.7 Å². The molecule has 0 saturated carbocycles. The summed E-state index contributed by atoms with van der Waals surface area (Å²) >= 11 is 12.2. The molecule has 2 aromatic heterocycles. The molecule has 0 saturated heterocycles. The largest absolute Gasteiger partial charge is 0.369 e. The van der Waals surface area contributed by atoms with E-state index >= 15 is 0 Å². The fraction of sp³-hybridized carbons (Fsp3) is 0.286. The van der Waals surface area contributed by atoms with E-state index in [9.17, 15) is 0 Å². The lowest BCUT2D eigenvalue weighted by Gasteiger charge is -2.11. The summed E-state index contributed by atoms with van der Waals surface area (Å²) in [5.41, 5.74) is 1.02. The van der Waals surface area contributed by atoms with Crippen LogP contribution in [-0.2, 0) is 6.42 Å². The molecule has 2 N–H and O–H groups in total. The van der Waals surface area contributed by atoms with Crippen molar-refractivity contribution in [3.8, 4) is 0 Å². The second-order valence-corrected chi connectivity index (χ2v) is 4.99. The molecule has 0 fully saturated rings. The maximum Gasteiger partial charge on any atom is 0.147 e. The van der Waals surface area contributed by atoms with Crippen LogP contribution in [0.15, 0.2) is 30.5 Å². The van der Waals surface area contributed by atoms with Gasteiger partial charge in [0.15, 0.2) is 0 Å². The number of pyridine rings is 2. The summed E-state index contributed by atoms with van der Waals surface area (Å²) in [6.07, 6.45) is 2.59. The monoisotopic (exact) mass is 310 g/mol. The number of hydrogen-bond donors (Lipinski definition) is 2. The third-order valence-corrected chi connectivity index (χ3v) is 3.25. The number of anilines is 2. The van der Waals surface area contributed by atoms with Crippen molar-refractivity contribution >= 4 is 34.8 Å². The molecule has 0 aromatic carbocycles. The molecule has 0 radical (unpaired) electrons. The second-order valence-electron chi connectivity index (χ2n) is 4.18. The fourth-order valence-corrected chi connectivity index (χ4v) is 2.23. The van der Waals surface area contributed by atoms with Crippen molar-refractivity contribution in [1.29, 1.82) is 0 Å². The van der Waals surface area contributed by atoms with Gasteiger partial charge in [-0.25, -0.2) is 4.98 Å². The Morgan fingerprint density at radius 1 is 1.10 bits per heavy atom.